The predicted octanol–water partition coefficient (Wildman–Crippen LogP) is 2.88. The normalized spacial score (nSPS) is 17.1. The lowest BCUT2D eigenvalue weighted by Gasteiger charge is -2.27. The van der Waals surface area contributed by atoms with Gasteiger partial charge in [-0.3, -0.25) is 4.90 Å². The Labute approximate surface area is 151 Å². The molecule has 1 saturated heterocycles. The third kappa shape index (κ3) is 6.67. The second-order valence-electron chi connectivity index (χ2n) is 8.05. The Hall–Kier alpha value is -1.59. The number of nitrogens with zero attached hydrogens (tertiary/aromatic N) is 1. The van der Waals surface area contributed by atoms with Gasteiger partial charge in [-0.05, 0) is 42.5 Å². The molecule has 1 aliphatic heterocycles. The summed E-state index contributed by atoms with van der Waals surface area (Å²) in [6.45, 7) is 9.88. The molecule has 0 bridgehead atoms. The van der Waals surface area contributed by atoms with Crippen LogP contribution >= 0.6 is 0 Å². The smallest absolute Gasteiger partial charge is 0.315 e. The van der Waals surface area contributed by atoms with Crippen LogP contribution in [-0.2, 0) is 13.1 Å². The summed E-state index contributed by atoms with van der Waals surface area (Å²) in [6.07, 6.45) is 3.32. The van der Waals surface area contributed by atoms with E-state index in [-0.39, 0.29) is 18.0 Å². The van der Waals surface area contributed by atoms with E-state index < -0.39 is 6.10 Å². The summed E-state index contributed by atoms with van der Waals surface area (Å²) in [5.41, 5.74) is 2.19. The Morgan fingerprint density at radius 1 is 1.12 bits per heavy atom. The fourth-order valence-electron chi connectivity index (χ4n) is 2.98. The highest BCUT2D eigenvalue weighted by Crippen LogP contribution is 2.18. The molecule has 1 unspecified atom stereocenters. The summed E-state index contributed by atoms with van der Waals surface area (Å²) in [6, 6.07) is 8.05. The van der Waals surface area contributed by atoms with Crippen molar-refractivity contribution in [3.63, 3.8) is 0 Å². The molecule has 0 aromatic heterocycles. The van der Waals surface area contributed by atoms with Crippen LogP contribution in [0.1, 0.15) is 51.2 Å². The van der Waals surface area contributed by atoms with Crippen molar-refractivity contribution in [1.82, 2.24) is 15.5 Å². The minimum Gasteiger partial charge on any atom is -0.391 e. The quantitative estimate of drug-likeness (QED) is 0.741. The van der Waals surface area contributed by atoms with Crippen molar-refractivity contribution < 1.29 is 9.90 Å². The molecule has 1 atom stereocenters. The van der Waals surface area contributed by atoms with Gasteiger partial charge in [0.1, 0.15) is 0 Å². The van der Waals surface area contributed by atoms with Gasteiger partial charge >= 0.3 is 6.03 Å². The number of likely N-dealkylation sites (tertiary alicyclic amines) is 1. The maximum absolute atomic E-state index is 12.0. The average Bonchev–Trinajstić information content (AvgIpc) is 2.59. The van der Waals surface area contributed by atoms with Gasteiger partial charge in [-0.1, -0.05) is 51.5 Å². The van der Waals surface area contributed by atoms with Crippen LogP contribution in [0.5, 0.6) is 0 Å². The number of aliphatic hydroxyl groups excluding tert-OH is 1. The summed E-state index contributed by atoms with van der Waals surface area (Å²) in [4.78, 5) is 14.5. The minimum absolute atomic E-state index is 0.240. The SMILES string of the molecule is CC(C)(C)C(O)CNC(=O)NCc1ccccc1CN1CCCCC1. The number of piperidine rings is 1. The van der Waals surface area contributed by atoms with E-state index in [1.54, 1.807) is 0 Å². The highest BCUT2D eigenvalue weighted by atomic mass is 16.3. The maximum atomic E-state index is 12.0. The zero-order valence-electron chi connectivity index (χ0n) is 15.8. The zero-order chi connectivity index (χ0) is 18.3. The first-order chi connectivity index (χ1) is 11.9. The monoisotopic (exact) mass is 347 g/mol. The molecule has 1 aromatic rings. The number of amides is 2. The molecule has 5 nitrogen and oxygen atoms in total. The predicted molar refractivity (Wildman–Crippen MR) is 101 cm³/mol. The minimum atomic E-state index is -0.565. The Bertz CT molecular complexity index is 548. The number of hydrogen-bond donors (Lipinski definition) is 3. The number of nitrogens with one attached hydrogen (secondary N) is 2. The first-order valence-corrected chi connectivity index (χ1v) is 9.35. The van der Waals surface area contributed by atoms with E-state index in [2.05, 4.69) is 33.7 Å². The van der Waals surface area contributed by atoms with Crippen molar-refractivity contribution >= 4 is 6.03 Å². The van der Waals surface area contributed by atoms with Gasteiger partial charge in [0.05, 0.1) is 6.10 Å². The second kappa shape index (κ2) is 9.20. The molecule has 0 spiro atoms. The largest absolute Gasteiger partial charge is 0.391 e. The third-order valence-corrected chi connectivity index (χ3v) is 4.86. The van der Waals surface area contributed by atoms with Crippen LogP contribution in [0.15, 0.2) is 24.3 Å². The van der Waals surface area contributed by atoms with Gasteiger partial charge in [0.2, 0.25) is 0 Å². The molecule has 1 aromatic carbocycles. The molecule has 2 rings (SSSR count). The van der Waals surface area contributed by atoms with E-state index in [1.165, 1.54) is 24.8 Å². The summed E-state index contributed by atoms with van der Waals surface area (Å²) < 4.78 is 0. The lowest BCUT2D eigenvalue weighted by atomic mass is 9.89. The molecule has 0 aliphatic carbocycles. The first-order valence-electron chi connectivity index (χ1n) is 9.35. The molecule has 2 amide bonds. The molecule has 1 fully saturated rings. The molecule has 25 heavy (non-hydrogen) atoms. The molecule has 1 aliphatic rings. The Balaban J connectivity index is 1.82. The Morgan fingerprint density at radius 2 is 1.76 bits per heavy atom. The number of urea groups is 1. The molecule has 3 N–H and O–H groups in total. The van der Waals surface area contributed by atoms with Crippen molar-refractivity contribution in [2.24, 2.45) is 5.41 Å². The number of aliphatic hydroxyl groups is 1. The number of carbonyl (C=O) groups excluding carboxylic acids is 1. The molecule has 1 heterocycles. The van der Waals surface area contributed by atoms with E-state index >= 15 is 0 Å². The second-order valence-corrected chi connectivity index (χ2v) is 8.05. The summed E-state index contributed by atoms with van der Waals surface area (Å²) >= 11 is 0. The van der Waals surface area contributed by atoms with E-state index in [9.17, 15) is 9.90 Å². The van der Waals surface area contributed by atoms with E-state index in [0.717, 1.165) is 25.2 Å². The summed E-state index contributed by atoms with van der Waals surface area (Å²) in [7, 11) is 0. The van der Waals surface area contributed by atoms with Crippen molar-refractivity contribution in [3.8, 4) is 0 Å². The van der Waals surface area contributed by atoms with Crippen LogP contribution in [0.2, 0.25) is 0 Å². The fraction of sp³-hybridized carbons (Fsp3) is 0.650. The summed E-state index contributed by atoms with van der Waals surface area (Å²) in [5, 5.41) is 15.7. The van der Waals surface area contributed by atoms with Gasteiger partial charge in [-0.15, -0.1) is 0 Å². The summed E-state index contributed by atoms with van der Waals surface area (Å²) in [5.74, 6) is 0. The van der Waals surface area contributed by atoms with Gasteiger partial charge in [0.25, 0.3) is 0 Å². The molecular weight excluding hydrogens is 314 g/mol. The average molecular weight is 348 g/mol. The van der Waals surface area contributed by atoms with Crippen LogP contribution in [0.4, 0.5) is 4.79 Å². The highest BCUT2D eigenvalue weighted by Gasteiger charge is 2.22. The van der Waals surface area contributed by atoms with Gasteiger partial charge in [-0.2, -0.15) is 0 Å². The van der Waals surface area contributed by atoms with Crippen LogP contribution in [0.25, 0.3) is 0 Å². The number of benzene rings is 1. The molecule has 0 radical (unpaired) electrons. The van der Waals surface area contributed by atoms with Crippen molar-refractivity contribution in [2.45, 2.75) is 59.2 Å². The zero-order valence-corrected chi connectivity index (χ0v) is 15.8. The van der Waals surface area contributed by atoms with Crippen LogP contribution in [0, 0.1) is 5.41 Å². The standard InChI is InChI=1S/C20H33N3O2/c1-20(2,3)18(24)14-22-19(25)21-13-16-9-5-6-10-17(16)15-23-11-7-4-8-12-23/h5-6,9-10,18,24H,4,7-8,11-15H2,1-3H3,(H2,21,22,25). The molecule has 0 saturated carbocycles. The van der Waals surface area contributed by atoms with Crippen molar-refractivity contribution in [2.75, 3.05) is 19.6 Å². The van der Waals surface area contributed by atoms with E-state index in [1.807, 2.05) is 26.8 Å². The molecule has 5 heteroatoms. The van der Waals surface area contributed by atoms with Crippen molar-refractivity contribution in [1.29, 1.82) is 0 Å². The Kier molecular flexibility index (Phi) is 7.26. The van der Waals surface area contributed by atoms with E-state index in [4.69, 9.17) is 0 Å². The van der Waals surface area contributed by atoms with Gasteiger partial charge in [0, 0.05) is 19.6 Å². The van der Waals surface area contributed by atoms with Gasteiger partial charge < -0.3 is 15.7 Å². The van der Waals surface area contributed by atoms with Crippen LogP contribution in [0.3, 0.4) is 0 Å². The topological polar surface area (TPSA) is 64.6 Å². The van der Waals surface area contributed by atoms with Gasteiger partial charge in [-0.25, -0.2) is 4.79 Å². The lowest BCUT2D eigenvalue weighted by Crippen LogP contribution is -2.43. The highest BCUT2D eigenvalue weighted by molar-refractivity contribution is 5.73. The number of hydrogen-bond acceptors (Lipinski definition) is 3. The molecular formula is C20H33N3O2. The van der Waals surface area contributed by atoms with Gasteiger partial charge in [0.15, 0.2) is 0 Å². The maximum Gasteiger partial charge on any atom is 0.315 e. The van der Waals surface area contributed by atoms with Crippen molar-refractivity contribution in [3.05, 3.63) is 35.4 Å². The van der Waals surface area contributed by atoms with Crippen LogP contribution in [-0.4, -0.2) is 41.8 Å². The van der Waals surface area contributed by atoms with Crippen LogP contribution < -0.4 is 10.6 Å². The third-order valence-electron chi connectivity index (χ3n) is 4.86. The first kappa shape index (κ1) is 19.7. The lowest BCUT2D eigenvalue weighted by molar-refractivity contribution is 0.0650. The Morgan fingerprint density at radius 3 is 2.40 bits per heavy atom. The number of rotatable bonds is 6. The molecule has 140 valence electrons. The van der Waals surface area contributed by atoms with E-state index in [0.29, 0.717) is 6.54 Å². The number of carbonyl (C=O) groups is 1. The fourth-order valence-corrected chi connectivity index (χ4v) is 2.98.